The molecule has 0 aromatic carbocycles. The van der Waals surface area contributed by atoms with Crippen molar-refractivity contribution in [3.05, 3.63) is 12.3 Å². The Hall–Kier alpha value is -1.03. The maximum atomic E-state index is 11.3. The summed E-state index contributed by atoms with van der Waals surface area (Å²) in [5.74, 6) is -0.792. The molecule has 0 aliphatic rings. The van der Waals surface area contributed by atoms with E-state index in [9.17, 15) is 4.79 Å². The average Bonchev–Trinajstić information content (AvgIpc) is 2.16. The number of aliphatic hydroxyl groups is 1. The van der Waals surface area contributed by atoms with Crippen LogP contribution in [0.2, 0.25) is 0 Å². The van der Waals surface area contributed by atoms with Gasteiger partial charge in [-0.2, -0.15) is 0 Å². The fraction of sp³-hybridized carbons (Fsp3) is 0.700. The Morgan fingerprint density at radius 3 is 2.64 bits per heavy atom. The van der Waals surface area contributed by atoms with Crippen molar-refractivity contribution in [1.29, 1.82) is 0 Å². The van der Waals surface area contributed by atoms with E-state index in [1.807, 2.05) is 0 Å². The Morgan fingerprint density at radius 2 is 2.14 bits per heavy atom. The second-order valence-electron chi connectivity index (χ2n) is 3.35. The van der Waals surface area contributed by atoms with Crippen LogP contribution in [0.4, 0.5) is 0 Å². The highest BCUT2D eigenvalue weighted by molar-refractivity contribution is 5.80. The molecule has 0 saturated carbocycles. The van der Waals surface area contributed by atoms with E-state index in [2.05, 4.69) is 11.9 Å². The minimum absolute atomic E-state index is 0.0931. The first-order valence-corrected chi connectivity index (χ1v) is 4.95. The number of amides is 1. The lowest BCUT2D eigenvalue weighted by Crippen LogP contribution is -2.30. The molecule has 0 aromatic heterocycles. The summed E-state index contributed by atoms with van der Waals surface area (Å²) in [7, 11) is 0. The Balaban J connectivity index is 3.49. The minimum atomic E-state index is -0.524. The molecule has 0 bridgehead atoms. The quantitative estimate of drug-likeness (QED) is 0.423. The highest BCUT2D eigenvalue weighted by atomic mass is 16.3. The summed E-state index contributed by atoms with van der Waals surface area (Å²) >= 11 is 0. The van der Waals surface area contributed by atoms with Crippen molar-refractivity contribution in [3.8, 4) is 0 Å². The lowest BCUT2D eigenvalue weighted by Gasteiger charge is -2.10. The molecular weight excluding hydrogens is 180 g/mol. The molecule has 1 atom stereocenters. The third kappa shape index (κ3) is 5.59. The molecular formula is C10H20N2O2. The zero-order chi connectivity index (χ0) is 11.0. The van der Waals surface area contributed by atoms with Crippen molar-refractivity contribution in [2.45, 2.75) is 26.2 Å². The molecule has 1 amide bonds. The zero-order valence-corrected chi connectivity index (χ0v) is 8.75. The van der Waals surface area contributed by atoms with Gasteiger partial charge in [-0.05, 0) is 26.3 Å². The van der Waals surface area contributed by atoms with E-state index in [1.165, 1.54) is 0 Å². The summed E-state index contributed by atoms with van der Waals surface area (Å²) in [5.41, 5.74) is 5.33. The summed E-state index contributed by atoms with van der Waals surface area (Å²) < 4.78 is 0. The lowest BCUT2D eigenvalue weighted by molar-refractivity contribution is -0.124. The maximum Gasteiger partial charge on any atom is 0.230 e. The van der Waals surface area contributed by atoms with Gasteiger partial charge in [0, 0.05) is 6.54 Å². The second kappa shape index (κ2) is 7.38. The van der Waals surface area contributed by atoms with E-state index >= 15 is 0 Å². The van der Waals surface area contributed by atoms with Gasteiger partial charge in [0.15, 0.2) is 0 Å². The van der Waals surface area contributed by atoms with Crippen LogP contribution >= 0.6 is 0 Å². The van der Waals surface area contributed by atoms with Crippen LogP contribution in [0.25, 0.3) is 0 Å². The lowest BCUT2D eigenvalue weighted by atomic mass is 10.1. The molecule has 82 valence electrons. The van der Waals surface area contributed by atoms with E-state index in [4.69, 9.17) is 10.8 Å². The van der Waals surface area contributed by atoms with Crippen molar-refractivity contribution in [1.82, 2.24) is 5.32 Å². The van der Waals surface area contributed by atoms with Crippen molar-refractivity contribution < 1.29 is 9.90 Å². The standard InChI is InChI=1S/C10H20N2O2/c1-8(9(2)13)10(14)12-7-5-3-4-6-11/h8,13H,2-7,11H2,1H3,(H,12,14)/t8-/m0/s1. The Morgan fingerprint density at radius 1 is 1.50 bits per heavy atom. The number of hydrogen-bond acceptors (Lipinski definition) is 3. The van der Waals surface area contributed by atoms with Gasteiger partial charge in [-0.3, -0.25) is 4.79 Å². The van der Waals surface area contributed by atoms with Crippen LogP contribution in [0.3, 0.4) is 0 Å². The predicted molar refractivity (Wildman–Crippen MR) is 56.8 cm³/mol. The van der Waals surface area contributed by atoms with Gasteiger partial charge in [-0.25, -0.2) is 0 Å². The number of carbonyl (C=O) groups excluding carboxylic acids is 1. The van der Waals surface area contributed by atoms with Gasteiger partial charge in [-0.1, -0.05) is 13.0 Å². The number of nitrogens with one attached hydrogen (secondary N) is 1. The highest BCUT2D eigenvalue weighted by Crippen LogP contribution is 2.03. The number of nitrogens with two attached hydrogens (primary N) is 1. The van der Waals surface area contributed by atoms with Gasteiger partial charge in [0.25, 0.3) is 0 Å². The monoisotopic (exact) mass is 200 g/mol. The van der Waals surface area contributed by atoms with Gasteiger partial charge < -0.3 is 16.2 Å². The summed E-state index contributed by atoms with van der Waals surface area (Å²) in [6.45, 7) is 6.26. The van der Waals surface area contributed by atoms with E-state index < -0.39 is 5.92 Å². The number of aliphatic hydroxyl groups excluding tert-OH is 1. The molecule has 14 heavy (non-hydrogen) atoms. The van der Waals surface area contributed by atoms with Crippen LogP contribution < -0.4 is 11.1 Å². The Kier molecular flexibility index (Phi) is 6.84. The maximum absolute atomic E-state index is 11.3. The summed E-state index contributed by atoms with van der Waals surface area (Å²) in [6, 6.07) is 0. The van der Waals surface area contributed by atoms with Gasteiger partial charge in [0.1, 0.15) is 0 Å². The van der Waals surface area contributed by atoms with Crippen LogP contribution in [-0.2, 0) is 4.79 Å². The zero-order valence-electron chi connectivity index (χ0n) is 8.75. The predicted octanol–water partition coefficient (Wildman–Crippen LogP) is 0.939. The number of rotatable bonds is 7. The average molecular weight is 200 g/mol. The van der Waals surface area contributed by atoms with Crippen LogP contribution in [0.5, 0.6) is 0 Å². The van der Waals surface area contributed by atoms with Gasteiger partial charge in [0.2, 0.25) is 5.91 Å². The molecule has 0 unspecified atom stereocenters. The molecule has 0 aliphatic heterocycles. The van der Waals surface area contributed by atoms with Crippen molar-refractivity contribution >= 4 is 5.91 Å². The van der Waals surface area contributed by atoms with Gasteiger partial charge >= 0.3 is 0 Å². The first-order valence-electron chi connectivity index (χ1n) is 4.95. The van der Waals surface area contributed by atoms with E-state index in [0.717, 1.165) is 19.3 Å². The number of hydrogen-bond donors (Lipinski definition) is 3. The molecule has 0 radical (unpaired) electrons. The topological polar surface area (TPSA) is 75.3 Å². The van der Waals surface area contributed by atoms with E-state index in [1.54, 1.807) is 6.92 Å². The van der Waals surface area contributed by atoms with Crippen molar-refractivity contribution in [2.75, 3.05) is 13.1 Å². The number of carbonyl (C=O) groups is 1. The highest BCUT2D eigenvalue weighted by Gasteiger charge is 2.14. The number of unbranched alkanes of at least 4 members (excludes halogenated alkanes) is 2. The first kappa shape index (κ1) is 13.0. The van der Waals surface area contributed by atoms with Gasteiger partial charge in [0.05, 0.1) is 11.7 Å². The molecule has 4 nitrogen and oxygen atoms in total. The summed E-state index contributed by atoms with van der Waals surface area (Å²) in [4.78, 5) is 11.3. The fourth-order valence-electron chi connectivity index (χ4n) is 0.962. The van der Waals surface area contributed by atoms with Crippen LogP contribution in [0, 0.1) is 5.92 Å². The SMILES string of the molecule is C=C(O)[C@H](C)C(=O)NCCCCCN. The molecule has 4 N–H and O–H groups in total. The van der Waals surface area contributed by atoms with Gasteiger partial charge in [-0.15, -0.1) is 0 Å². The summed E-state index contributed by atoms with van der Waals surface area (Å²) in [6.07, 6.45) is 2.93. The van der Waals surface area contributed by atoms with Crippen LogP contribution in [0.1, 0.15) is 26.2 Å². The molecule has 0 fully saturated rings. The largest absolute Gasteiger partial charge is 0.512 e. The van der Waals surface area contributed by atoms with Crippen molar-refractivity contribution in [3.63, 3.8) is 0 Å². The molecule has 0 spiro atoms. The van der Waals surface area contributed by atoms with E-state index in [-0.39, 0.29) is 11.7 Å². The second-order valence-corrected chi connectivity index (χ2v) is 3.35. The molecule has 0 aromatic rings. The van der Waals surface area contributed by atoms with Crippen LogP contribution in [-0.4, -0.2) is 24.1 Å². The van der Waals surface area contributed by atoms with E-state index in [0.29, 0.717) is 13.1 Å². The molecule has 0 rings (SSSR count). The smallest absolute Gasteiger partial charge is 0.230 e. The molecule has 0 heterocycles. The third-order valence-corrected chi connectivity index (χ3v) is 2.07. The third-order valence-electron chi connectivity index (χ3n) is 2.07. The van der Waals surface area contributed by atoms with Crippen molar-refractivity contribution in [2.24, 2.45) is 11.7 Å². The van der Waals surface area contributed by atoms with Crippen LogP contribution in [0.15, 0.2) is 12.3 Å². The molecule has 4 heteroatoms. The molecule has 0 aliphatic carbocycles. The molecule has 0 saturated heterocycles. The minimum Gasteiger partial charge on any atom is -0.512 e. The first-order chi connectivity index (χ1) is 6.59. The fourth-order valence-corrected chi connectivity index (χ4v) is 0.962. The Labute approximate surface area is 85.2 Å². The normalized spacial score (nSPS) is 12.1. The summed E-state index contributed by atoms with van der Waals surface area (Å²) in [5, 5.41) is 11.7. The Bertz CT molecular complexity index is 193.